The lowest BCUT2D eigenvalue weighted by atomic mass is 9.95. The number of halogens is 2. The minimum absolute atomic E-state index is 0.140. The van der Waals surface area contributed by atoms with Gasteiger partial charge in [0, 0.05) is 6.20 Å². The monoisotopic (exact) mass is 318 g/mol. The van der Waals surface area contributed by atoms with E-state index in [4.69, 9.17) is 33.0 Å². The van der Waals surface area contributed by atoms with E-state index in [-0.39, 0.29) is 22.7 Å². The van der Waals surface area contributed by atoms with Crippen LogP contribution in [0.2, 0.25) is 10.2 Å². The lowest BCUT2D eigenvalue weighted by molar-refractivity contribution is -0.159. The Morgan fingerprint density at radius 1 is 1.50 bits per heavy atom. The van der Waals surface area contributed by atoms with E-state index < -0.39 is 11.6 Å². The maximum Gasteiger partial charge on any atom is 0.329 e. The Balaban J connectivity index is 1.96. The van der Waals surface area contributed by atoms with Gasteiger partial charge in [0.2, 0.25) is 0 Å². The zero-order valence-corrected chi connectivity index (χ0v) is 12.1. The van der Waals surface area contributed by atoms with E-state index >= 15 is 0 Å². The van der Waals surface area contributed by atoms with E-state index in [1.165, 1.54) is 17.2 Å². The summed E-state index contributed by atoms with van der Waals surface area (Å²) in [5, 5.41) is 8.92. The Hall–Kier alpha value is -1.37. The lowest BCUT2D eigenvalue weighted by Gasteiger charge is -2.47. The maximum atomic E-state index is 12.1. The van der Waals surface area contributed by atoms with Crippen molar-refractivity contribution in [3.63, 3.8) is 0 Å². The van der Waals surface area contributed by atoms with Crippen molar-refractivity contribution in [1.29, 1.82) is 0 Å². The molecule has 0 radical (unpaired) electrons. The van der Waals surface area contributed by atoms with Gasteiger partial charge in [-0.15, -0.1) is 0 Å². The van der Waals surface area contributed by atoms with Gasteiger partial charge in [0.15, 0.2) is 0 Å². The van der Waals surface area contributed by atoms with Gasteiger partial charge < -0.3 is 14.7 Å². The second kappa shape index (κ2) is 5.55. The predicted molar refractivity (Wildman–Crippen MR) is 72.2 cm³/mol. The third-order valence-corrected chi connectivity index (χ3v) is 3.61. The minimum Gasteiger partial charge on any atom is -0.480 e. The number of hydrogen-bond acceptors (Lipinski definition) is 4. The summed E-state index contributed by atoms with van der Waals surface area (Å²) in [5.41, 5.74) is -0.294. The number of aliphatic carboxylic acids is 1. The van der Waals surface area contributed by atoms with Crippen molar-refractivity contribution in [2.75, 3.05) is 19.7 Å². The summed E-state index contributed by atoms with van der Waals surface area (Å²) >= 11 is 11.5. The van der Waals surface area contributed by atoms with Crippen molar-refractivity contribution >= 4 is 35.1 Å². The second-order valence-corrected chi connectivity index (χ2v) is 5.56. The van der Waals surface area contributed by atoms with Gasteiger partial charge in [-0.05, 0) is 13.0 Å². The topological polar surface area (TPSA) is 79.7 Å². The Morgan fingerprint density at radius 3 is 2.70 bits per heavy atom. The number of nitrogens with zero attached hydrogens (tertiary/aromatic N) is 2. The van der Waals surface area contributed by atoms with Crippen molar-refractivity contribution in [3.05, 3.63) is 28.0 Å². The van der Waals surface area contributed by atoms with Crippen molar-refractivity contribution in [3.8, 4) is 0 Å². The summed E-state index contributed by atoms with van der Waals surface area (Å²) < 4.78 is 5.23. The van der Waals surface area contributed by atoms with E-state index in [0.717, 1.165) is 0 Å². The quantitative estimate of drug-likeness (QED) is 0.855. The first kappa shape index (κ1) is 15.0. The molecule has 0 unspecified atom stereocenters. The van der Waals surface area contributed by atoms with Gasteiger partial charge in [-0.25, -0.2) is 9.78 Å². The number of amides is 1. The standard InChI is InChI=1S/C12H12Cl2N2O4/c1-12(20-4-9(17)18)5-16(6-12)11(19)7-2-8(13)10(14)15-3-7/h2-3H,4-6H2,1H3,(H,17,18). The number of rotatable bonds is 4. The lowest BCUT2D eigenvalue weighted by Crippen LogP contribution is -2.63. The third-order valence-electron chi connectivity index (χ3n) is 2.93. The normalized spacial score (nSPS) is 16.6. The summed E-state index contributed by atoms with van der Waals surface area (Å²) in [4.78, 5) is 27.9. The van der Waals surface area contributed by atoms with E-state index in [0.29, 0.717) is 18.7 Å². The Labute approximate surface area is 125 Å². The van der Waals surface area contributed by atoms with Crippen LogP contribution < -0.4 is 0 Å². The molecule has 1 fully saturated rings. The number of carboxylic acid groups (broad SMARTS) is 1. The highest BCUT2D eigenvalue weighted by atomic mass is 35.5. The summed E-state index contributed by atoms with van der Waals surface area (Å²) in [6.45, 7) is 2.01. The number of aromatic nitrogens is 1. The highest BCUT2D eigenvalue weighted by Crippen LogP contribution is 2.27. The average molecular weight is 319 g/mol. The Morgan fingerprint density at radius 2 is 2.15 bits per heavy atom. The van der Waals surface area contributed by atoms with Crippen molar-refractivity contribution in [2.24, 2.45) is 0 Å². The van der Waals surface area contributed by atoms with E-state index in [1.807, 2.05) is 0 Å². The molecule has 2 heterocycles. The fourth-order valence-corrected chi connectivity index (χ4v) is 2.22. The van der Waals surface area contributed by atoms with Gasteiger partial charge in [0.1, 0.15) is 17.4 Å². The molecule has 0 saturated carbocycles. The predicted octanol–water partition coefficient (Wildman–Crippen LogP) is 1.70. The molecule has 2 rings (SSSR count). The second-order valence-electron chi connectivity index (χ2n) is 4.79. The molecule has 0 atom stereocenters. The first-order chi connectivity index (χ1) is 9.31. The molecule has 0 aromatic carbocycles. The van der Waals surface area contributed by atoms with Gasteiger partial charge in [0.25, 0.3) is 5.91 Å². The molecule has 0 aliphatic carbocycles. The van der Waals surface area contributed by atoms with E-state index in [2.05, 4.69) is 4.98 Å². The number of carbonyl (C=O) groups excluding carboxylic acids is 1. The molecule has 1 amide bonds. The fourth-order valence-electron chi connectivity index (χ4n) is 1.95. The molecular weight excluding hydrogens is 307 g/mol. The van der Waals surface area contributed by atoms with Crippen LogP contribution in [-0.2, 0) is 9.53 Å². The Bertz CT molecular complexity index is 558. The SMILES string of the molecule is CC1(OCC(=O)O)CN(C(=O)c2cnc(Cl)c(Cl)c2)C1. The molecule has 8 heteroatoms. The van der Waals surface area contributed by atoms with Crippen LogP contribution >= 0.6 is 23.2 Å². The highest BCUT2D eigenvalue weighted by molar-refractivity contribution is 6.41. The molecule has 1 aliphatic heterocycles. The molecular formula is C12H12Cl2N2O4. The van der Waals surface area contributed by atoms with Crippen LogP contribution in [-0.4, -0.2) is 52.2 Å². The zero-order chi connectivity index (χ0) is 14.9. The number of carboxylic acids is 1. The van der Waals surface area contributed by atoms with Crippen LogP contribution in [0.25, 0.3) is 0 Å². The van der Waals surface area contributed by atoms with Crippen LogP contribution in [0.15, 0.2) is 12.3 Å². The summed E-state index contributed by atoms with van der Waals surface area (Å²) in [6.07, 6.45) is 1.35. The minimum atomic E-state index is -1.04. The smallest absolute Gasteiger partial charge is 0.329 e. The molecule has 6 nitrogen and oxygen atoms in total. The summed E-state index contributed by atoms with van der Waals surface area (Å²) in [7, 11) is 0. The van der Waals surface area contributed by atoms with Gasteiger partial charge in [0.05, 0.1) is 23.7 Å². The first-order valence-corrected chi connectivity index (χ1v) is 6.52. The van der Waals surface area contributed by atoms with Gasteiger partial charge in [-0.1, -0.05) is 23.2 Å². The number of hydrogen-bond donors (Lipinski definition) is 1. The molecule has 1 aliphatic rings. The number of pyridine rings is 1. The van der Waals surface area contributed by atoms with Gasteiger partial charge in [-0.2, -0.15) is 0 Å². The fraction of sp³-hybridized carbons (Fsp3) is 0.417. The zero-order valence-electron chi connectivity index (χ0n) is 10.6. The molecule has 0 spiro atoms. The van der Waals surface area contributed by atoms with Crippen LogP contribution in [0, 0.1) is 0 Å². The van der Waals surface area contributed by atoms with Crippen molar-refractivity contribution < 1.29 is 19.4 Å². The van der Waals surface area contributed by atoms with Crippen molar-refractivity contribution in [1.82, 2.24) is 9.88 Å². The van der Waals surface area contributed by atoms with Gasteiger partial charge in [-0.3, -0.25) is 4.79 Å². The largest absolute Gasteiger partial charge is 0.480 e. The highest BCUT2D eigenvalue weighted by Gasteiger charge is 2.43. The van der Waals surface area contributed by atoms with Crippen LogP contribution in [0.1, 0.15) is 17.3 Å². The maximum absolute atomic E-state index is 12.1. The third kappa shape index (κ3) is 3.20. The van der Waals surface area contributed by atoms with Crippen LogP contribution in [0.4, 0.5) is 0 Å². The molecule has 1 aromatic heterocycles. The number of likely N-dealkylation sites (tertiary alicyclic amines) is 1. The van der Waals surface area contributed by atoms with Gasteiger partial charge >= 0.3 is 5.97 Å². The molecule has 20 heavy (non-hydrogen) atoms. The number of carbonyl (C=O) groups is 2. The molecule has 0 bridgehead atoms. The van der Waals surface area contributed by atoms with E-state index in [1.54, 1.807) is 6.92 Å². The summed E-state index contributed by atoms with van der Waals surface area (Å²) in [5.74, 6) is -1.28. The number of ether oxygens (including phenoxy) is 1. The first-order valence-electron chi connectivity index (χ1n) is 5.77. The average Bonchev–Trinajstić information content (AvgIpc) is 2.35. The van der Waals surface area contributed by atoms with Crippen LogP contribution in [0.5, 0.6) is 0 Å². The van der Waals surface area contributed by atoms with Crippen LogP contribution in [0.3, 0.4) is 0 Å². The molecule has 1 N–H and O–H groups in total. The molecule has 1 saturated heterocycles. The Kier molecular flexibility index (Phi) is 4.17. The summed E-state index contributed by atoms with van der Waals surface area (Å²) in [6, 6.07) is 1.45. The van der Waals surface area contributed by atoms with E-state index in [9.17, 15) is 9.59 Å². The van der Waals surface area contributed by atoms with Crippen molar-refractivity contribution in [2.45, 2.75) is 12.5 Å². The molecule has 108 valence electrons. The molecule has 1 aromatic rings.